The fourth-order valence-corrected chi connectivity index (χ4v) is 5.88. The number of hydrogen-bond donors (Lipinski definition) is 2. The minimum Gasteiger partial charge on any atom is -0.376 e. The molecule has 1 aliphatic heterocycles. The highest BCUT2D eigenvalue weighted by Gasteiger charge is 2.27. The molecule has 1 aliphatic rings. The van der Waals surface area contributed by atoms with E-state index >= 15 is 0 Å². The summed E-state index contributed by atoms with van der Waals surface area (Å²) in [6.07, 6.45) is 1.33. The van der Waals surface area contributed by atoms with Crippen LogP contribution in [-0.2, 0) is 35.0 Å². The standard InChI is InChI=1S/C26H26FN7O4S/c1-14-9-20(15(2)29-22-7-8-28-31-24(22)39(37,38)32-16(3)35)23-21(10-14)25(36)33(4)26(30-23)34-12-17-5-6-19(27)11-18(17)13-34/h5-11,15H,12-13H2,1-4H3,(H,28,29)(H,32,35)/t15-/m1/s1. The van der Waals surface area contributed by atoms with Gasteiger partial charge >= 0.3 is 0 Å². The van der Waals surface area contributed by atoms with E-state index in [4.69, 9.17) is 4.98 Å². The van der Waals surface area contributed by atoms with Crippen molar-refractivity contribution < 1.29 is 17.6 Å². The number of rotatable bonds is 6. The van der Waals surface area contributed by atoms with Gasteiger partial charge < -0.3 is 10.2 Å². The van der Waals surface area contributed by atoms with Crippen LogP contribution in [0.25, 0.3) is 10.9 Å². The van der Waals surface area contributed by atoms with Crippen molar-refractivity contribution in [3.8, 4) is 0 Å². The predicted molar refractivity (Wildman–Crippen MR) is 143 cm³/mol. The number of halogens is 1. The van der Waals surface area contributed by atoms with E-state index in [0.717, 1.165) is 23.6 Å². The zero-order valence-corrected chi connectivity index (χ0v) is 22.5. The van der Waals surface area contributed by atoms with Crippen LogP contribution >= 0.6 is 0 Å². The van der Waals surface area contributed by atoms with Crippen LogP contribution in [0.5, 0.6) is 0 Å². The van der Waals surface area contributed by atoms with Crippen molar-refractivity contribution in [2.75, 3.05) is 10.2 Å². The number of nitrogens with zero attached hydrogens (tertiary/aromatic N) is 5. The molecule has 13 heteroatoms. The minimum absolute atomic E-state index is 0.127. The Balaban J connectivity index is 1.58. The molecule has 2 N–H and O–H groups in total. The molecule has 1 atom stereocenters. The van der Waals surface area contributed by atoms with Crippen molar-refractivity contribution in [2.45, 2.75) is 44.9 Å². The van der Waals surface area contributed by atoms with Gasteiger partial charge in [0.2, 0.25) is 16.9 Å². The molecule has 0 aliphatic carbocycles. The van der Waals surface area contributed by atoms with Crippen LogP contribution in [-0.4, -0.2) is 34.1 Å². The van der Waals surface area contributed by atoms with Gasteiger partial charge in [0.1, 0.15) is 5.82 Å². The second kappa shape index (κ2) is 9.73. The van der Waals surface area contributed by atoms with E-state index in [9.17, 15) is 22.4 Å². The van der Waals surface area contributed by atoms with Crippen LogP contribution in [0.15, 0.2) is 52.4 Å². The molecule has 2 aromatic heterocycles. The molecule has 2 aromatic carbocycles. The molecule has 39 heavy (non-hydrogen) atoms. The van der Waals surface area contributed by atoms with E-state index in [1.165, 1.54) is 29.0 Å². The smallest absolute Gasteiger partial charge is 0.285 e. The first-order chi connectivity index (χ1) is 18.4. The van der Waals surface area contributed by atoms with Crippen molar-refractivity contribution >= 4 is 38.5 Å². The van der Waals surface area contributed by atoms with Gasteiger partial charge in [-0.1, -0.05) is 12.1 Å². The normalized spacial score (nSPS) is 13.8. The first kappa shape index (κ1) is 26.2. The fourth-order valence-electron chi connectivity index (χ4n) is 4.83. The number of aromatic nitrogens is 4. The second-order valence-corrected chi connectivity index (χ2v) is 11.2. The zero-order chi connectivity index (χ0) is 28.1. The Morgan fingerprint density at radius 2 is 1.87 bits per heavy atom. The van der Waals surface area contributed by atoms with Gasteiger partial charge in [-0.3, -0.25) is 14.2 Å². The van der Waals surface area contributed by atoms with Gasteiger partial charge in [-0.25, -0.2) is 14.1 Å². The molecule has 0 saturated carbocycles. The zero-order valence-electron chi connectivity index (χ0n) is 21.7. The minimum atomic E-state index is -4.27. The Morgan fingerprint density at radius 1 is 1.13 bits per heavy atom. The van der Waals surface area contributed by atoms with Crippen molar-refractivity contribution in [1.82, 2.24) is 24.5 Å². The number of benzene rings is 2. The Bertz CT molecular complexity index is 1810. The summed E-state index contributed by atoms with van der Waals surface area (Å²) >= 11 is 0. The summed E-state index contributed by atoms with van der Waals surface area (Å²) in [7, 11) is -2.61. The highest BCUT2D eigenvalue weighted by molar-refractivity contribution is 7.90. The van der Waals surface area contributed by atoms with Gasteiger partial charge in [-0.2, -0.15) is 13.5 Å². The summed E-state index contributed by atoms with van der Waals surface area (Å²) in [4.78, 5) is 31.7. The molecule has 0 fully saturated rings. The molecule has 3 heterocycles. The van der Waals surface area contributed by atoms with E-state index < -0.39 is 27.0 Å². The third kappa shape index (κ3) is 4.92. The third-order valence-corrected chi connectivity index (χ3v) is 7.93. The molecule has 1 amide bonds. The summed E-state index contributed by atoms with van der Waals surface area (Å²) in [6, 6.07) is 9.19. The highest BCUT2D eigenvalue weighted by atomic mass is 32.2. The Kier molecular flexibility index (Phi) is 6.54. The van der Waals surface area contributed by atoms with Crippen molar-refractivity contribution in [2.24, 2.45) is 7.05 Å². The van der Waals surface area contributed by atoms with E-state index in [0.29, 0.717) is 35.5 Å². The van der Waals surface area contributed by atoms with Gasteiger partial charge in [0.05, 0.1) is 28.8 Å². The SMILES string of the molecule is CC(=O)NS(=O)(=O)c1nnccc1N[C@H](C)c1cc(C)cc2c(=O)n(C)c(N3Cc4ccc(F)cc4C3)nc12. The molecule has 0 unspecified atom stereocenters. The predicted octanol–water partition coefficient (Wildman–Crippen LogP) is 2.69. The average molecular weight is 552 g/mol. The lowest BCUT2D eigenvalue weighted by Crippen LogP contribution is -2.30. The number of amides is 1. The van der Waals surface area contributed by atoms with Gasteiger partial charge in [0, 0.05) is 32.6 Å². The Labute approximate surface area is 223 Å². The molecule has 0 spiro atoms. The first-order valence-corrected chi connectivity index (χ1v) is 13.6. The first-order valence-electron chi connectivity index (χ1n) is 12.1. The van der Waals surface area contributed by atoms with Crippen LogP contribution in [0.4, 0.5) is 16.0 Å². The lowest BCUT2D eigenvalue weighted by Gasteiger charge is -2.23. The summed E-state index contributed by atoms with van der Waals surface area (Å²) < 4.78 is 42.5. The average Bonchev–Trinajstić information content (AvgIpc) is 3.28. The number of sulfonamides is 1. The molecule has 0 bridgehead atoms. The third-order valence-electron chi connectivity index (χ3n) is 6.56. The number of nitrogens with one attached hydrogen (secondary N) is 2. The monoisotopic (exact) mass is 551 g/mol. The Hall–Kier alpha value is -4.39. The number of carbonyl (C=O) groups excluding carboxylic acids is 1. The lowest BCUT2D eigenvalue weighted by atomic mass is 10.0. The number of anilines is 2. The molecule has 0 saturated heterocycles. The molecule has 0 radical (unpaired) electrons. The summed E-state index contributed by atoms with van der Waals surface area (Å²) in [5.74, 6) is -0.649. The van der Waals surface area contributed by atoms with Crippen LogP contribution in [0.1, 0.15) is 42.1 Å². The van der Waals surface area contributed by atoms with E-state index in [1.54, 1.807) is 26.1 Å². The highest BCUT2D eigenvalue weighted by Crippen LogP contribution is 2.31. The number of fused-ring (bicyclic) bond motifs is 2. The number of aryl methyl sites for hydroxylation is 1. The van der Waals surface area contributed by atoms with Gasteiger partial charge in [0.25, 0.3) is 15.6 Å². The molecule has 202 valence electrons. The van der Waals surface area contributed by atoms with Crippen molar-refractivity contribution in [1.29, 1.82) is 0 Å². The quantitative estimate of drug-likeness (QED) is 0.370. The van der Waals surface area contributed by atoms with Crippen molar-refractivity contribution in [3.05, 3.63) is 81.0 Å². The van der Waals surface area contributed by atoms with E-state index in [2.05, 4.69) is 15.5 Å². The van der Waals surface area contributed by atoms with Crippen LogP contribution in [0, 0.1) is 12.7 Å². The molecular formula is C26H26FN7O4S. The maximum absolute atomic E-state index is 13.8. The molecule has 11 nitrogen and oxygen atoms in total. The molecule has 4 aromatic rings. The van der Waals surface area contributed by atoms with E-state index in [-0.39, 0.29) is 17.1 Å². The fraction of sp³-hybridized carbons (Fsp3) is 0.269. The topological polar surface area (TPSA) is 139 Å². The van der Waals surface area contributed by atoms with Crippen molar-refractivity contribution in [3.63, 3.8) is 0 Å². The maximum Gasteiger partial charge on any atom is 0.285 e. The lowest BCUT2D eigenvalue weighted by molar-refractivity contribution is -0.117. The maximum atomic E-state index is 13.8. The van der Waals surface area contributed by atoms with Gasteiger partial charge in [0.15, 0.2) is 0 Å². The van der Waals surface area contributed by atoms with Crippen LogP contribution < -0.4 is 20.5 Å². The summed E-state index contributed by atoms with van der Waals surface area (Å²) in [6.45, 7) is 5.62. The van der Waals surface area contributed by atoms with Crippen LogP contribution in [0.3, 0.4) is 0 Å². The number of carbonyl (C=O) groups is 1. The van der Waals surface area contributed by atoms with Crippen LogP contribution in [0.2, 0.25) is 0 Å². The largest absolute Gasteiger partial charge is 0.376 e. The summed E-state index contributed by atoms with van der Waals surface area (Å²) in [5.41, 5.74) is 3.61. The summed E-state index contributed by atoms with van der Waals surface area (Å²) in [5, 5.41) is 10.5. The number of hydrogen-bond acceptors (Lipinski definition) is 9. The Morgan fingerprint density at radius 3 is 2.62 bits per heavy atom. The van der Waals surface area contributed by atoms with Gasteiger partial charge in [-0.15, -0.1) is 5.10 Å². The second-order valence-electron chi connectivity index (χ2n) is 9.57. The van der Waals surface area contributed by atoms with Gasteiger partial charge in [-0.05, 0) is 54.8 Å². The van der Waals surface area contributed by atoms with E-state index in [1.807, 2.05) is 22.6 Å². The molecular weight excluding hydrogens is 525 g/mol. The molecule has 5 rings (SSSR count).